The highest BCUT2D eigenvalue weighted by Gasteiger charge is 2.24. The molecular weight excluding hydrogens is 330 g/mol. The lowest BCUT2D eigenvalue weighted by Gasteiger charge is -2.02. The number of hydrogen-bond donors (Lipinski definition) is 0. The lowest BCUT2D eigenvalue weighted by molar-refractivity contribution is -0.255. The van der Waals surface area contributed by atoms with E-state index in [1.807, 2.05) is 42.5 Å². The molecular formula is C21H12NO4-. The summed E-state index contributed by atoms with van der Waals surface area (Å²) < 4.78 is 5.28. The monoisotopic (exact) mass is 342 g/mol. The summed E-state index contributed by atoms with van der Waals surface area (Å²) in [5.41, 5.74) is 1.59. The fourth-order valence-corrected chi connectivity index (χ4v) is 2.73. The van der Waals surface area contributed by atoms with E-state index >= 15 is 0 Å². The van der Waals surface area contributed by atoms with Crippen molar-refractivity contribution < 1.29 is 19.4 Å². The lowest BCUT2D eigenvalue weighted by Crippen LogP contribution is -2.21. The number of rotatable bonds is 3. The highest BCUT2D eigenvalue weighted by molar-refractivity contribution is 6.13. The molecule has 0 spiro atoms. The summed E-state index contributed by atoms with van der Waals surface area (Å²) in [5, 5.41) is 12.9. The van der Waals surface area contributed by atoms with Gasteiger partial charge in [0.1, 0.15) is 0 Å². The number of esters is 1. The summed E-state index contributed by atoms with van der Waals surface area (Å²) in [7, 11) is 0. The number of nitrogens with zero attached hydrogens (tertiary/aromatic N) is 1. The maximum atomic E-state index is 12.1. The Bertz CT molecular complexity index is 1090. The van der Waals surface area contributed by atoms with Gasteiger partial charge in [-0.3, -0.25) is 0 Å². The largest absolute Gasteiger partial charge is 0.545 e. The van der Waals surface area contributed by atoms with Crippen LogP contribution in [0.3, 0.4) is 0 Å². The predicted octanol–water partition coefficient (Wildman–Crippen LogP) is 2.55. The van der Waals surface area contributed by atoms with Gasteiger partial charge in [0.25, 0.3) is 0 Å². The van der Waals surface area contributed by atoms with E-state index in [2.05, 4.69) is 4.99 Å². The van der Waals surface area contributed by atoms with Crippen LogP contribution in [0.15, 0.2) is 77.4 Å². The smallest absolute Gasteiger partial charge is 0.363 e. The first kappa shape index (κ1) is 15.8. The minimum atomic E-state index is -1.25. The first-order chi connectivity index (χ1) is 12.6. The van der Waals surface area contributed by atoms with Gasteiger partial charge in [-0.15, -0.1) is 0 Å². The molecule has 5 heteroatoms. The van der Waals surface area contributed by atoms with Gasteiger partial charge in [-0.2, -0.15) is 0 Å². The van der Waals surface area contributed by atoms with Gasteiger partial charge in [-0.1, -0.05) is 54.6 Å². The predicted molar refractivity (Wildman–Crippen MR) is 95.3 cm³/mol. The molecule has 0 atom stereocenters. The van der Waals surface area contributed by atoms with Crippen LogP contribution in [0.1, 0.15) is 21.5 Å². The van der Waals surface area contributed by atoms with E-state index in [1.54, 1.807) is 18.2 Å². The fourth-order valence-electron chi connectivity index (χ4n) is 2.73. The van der Waals surface area contributed by atoms with E-state index in [0.717, 1.165) is 10.8 Å². The molecule has 1 aliphatic rings. The zero-order valence-electron chi connectivity index (χ0n) is 13.5. The van der Waals surface area contributed by atoms with Crippen molar-refractivity contribution in [2.24, 2.45) is 4.99 Å². The van der Waals surface area contributed by atoms with Crippen LogP contribution in [0.4, 0.5) is 0 Å². The Labute approximate surface area is 148 Å². The van der Waals surface area contributed by atoms with E-state index < -0.39 is 11.9 Å². The normalized spacial score (nSPS) is 15.2. The Hall–Kier alpha value is -3.73. The number of fused-ring (bicyclic) bond motifs is 1. The van der Waals surface area contributed by atoms with Gasteiger partial charge in [-0.25, -0.2) is 9.79 Å². The van der Waals surface area contributed by atoms with E-state index in [9.17, 15) is 14.7 Å². The molecule has 0 bridgehead atoms. The molecule has 0 fully saturated rings. The number of hydrogen-bond acceptors (Lipinski definition) is 5. The third kappa shape index (κ3) is 2.98. The van der Waals surface area contributed by atoms with Crippen molar-refractivity contribution in [3.05, 3.63) is 89.1 Å². The van der Waals surface area contributed by atoms with Crippen molar-refractivity contribution >= 4 is 34.7 Å². The summed E-state index contributed by atoms with van der Waals surface area (Å²) in [4.78, 5) is 27.1. The highest BCUT2D eigenvalue weighted by Crippen LogP contribution is 2.22. The lowest BCUT2D eigenvalue weighted by atomic mass is 10.1. The number of ether oxygens (including phenoxy) is 1. The van der Waals surface area contributed by atoms with Crippen LogP contribution in [0.5, 0.6) is 0 Å². The van der Waals surface area contributed by atoms with Crippen LogP contribution in [-0.4, -0.2) is 17.8 Å². The summed E-state index contributed by atoms with van der Waals surface area (Å²) >= 11 is 0. The highest BCUT2D eigenvalue weighted by atomic mass is 16.6. The molecule has 1 aliphatic heterocycles. The summed E-state index contributed by atoms with van der Waals surface area (Å²) in [6.45, 7) is 0. The molecule has 0 saturated heterocycles. The van der Waals surface area contributed by atoms with Gasteiger partial charge >= 0.3 is 5.97 Å². The van der Waals surface area contributed by atoms with E-state index in [-0.39, 0.29) is 17.2 Å². The average Bonchev–Trinajstić information content (AvgIpc) is 3.02. The van der Waals surface area contributed by atoms with E-state index in [1.165, 1.54) is 12.1 Å². The van der Waals surface area contributed by atoms with E-state index in [0.29, 0.717) is 11.1 Å². The van der Waals surface area contributed by atoms with Crippen LogP contribution in [0.2, 0.25) is 0 Å². The van der Waals surface area contributed by atoms with Crippen LogP contribution in [0, 0.1) is 0 Å². The van der Waals surface area contributed by atoms with Gasteiger partial charge in [0, 0.05) is 5.56 Å². The Morgan fingerprint density at radius 2 is 1.69 bits per heavy atom. The molecule has 0 aliphatic carbocycles. The number of aromatic carboxylic acids is 1. The molecule has 0 radical (unpaired) electrons. The Balaban J connectivity index is 1.66. The molecule has 26 heavy (non-hydrogen) atoms. The average molecular weight is 342 g/mol. The number of benzene rings is 3. The first-order valence-corrected chi connectivity index (χ1v) is 7.93. The molecule has 0 N–H and O–H groups in total. The molecule has 126 valence electrons. The van der Waals surface area contributed by atoms with Crippen molar-refractivity contribution in [1.29, 1.82) is 0 Å². The van der Waals surface area contributed by atoms with Crippen LogP contribution in [0.25, 0.3) is 16.8 Å². The number of cyclic esters (lactones) is 1. The fraction of sp³-hybridized carbons (Fsp3) is 0. The molecule has 0 amide bonds. The molecule has 5 nitrogen and oxygen atoms in total. The third-order valence-electron chi connectivity index (χ3n) is 4.07. The number of carboxylic acids is 1. The number of carbonyl (C=O) groups is 2. The molecule has 1 heterocycles. The van der Waals surface area contributed by atoms with Crippen LogP contribution >= 0.6 is 0 Å². The molecule has 0 aromatic heterocycles. The van der Waals surface area contributed by atoms with Crippen molar-refractivity contribution in [3.63, 3.8) is 0 Å². The summed E-state index contributed by atoms with van der Waals surface area (Å²) in [5.74, 6) is -1.54. The minimum absolute atomic E-state index is 0.0708. The Morgan fingerprint density at radius 1 is 0.962 bits per heavy atom. The quantitative estimate of drug-likeness (QED) is 0.541. The number of carbonyl (C=O) groups excluding carboxylic acids is 2. The number of aliphatic imine (C=N–C) groups is 1. The minimum Gasteiger partial charge on any atom is -0.545 e. The topological polar surface area (TPSA) is 78.8 Å². The maximum Gasteiger partial charge on any atom is 0.363 e. The van der Waals surface area contributed by atoms with Crippen LogP contribution < -0.4 is 5.11 Å². The third-order valence-corrected chi connectivity index (χ3v) is 4.07. The molecule has 0 unspecified atom stereocenters. The van der Waals surface area contributed by atoms with Gasteiger partial charge in [0.15, 0.2) is 5.70 Å². The Kier molecular flexibility index (Phi) is 3.82. The van der Waals surface area contributed by atoms with E-state index in [4.69, 9.17) is 4.74 Å². The second-order valence-electron chi connectivity index (χ2n) is 5.81. The summed E-state index contributed by atoms with van der Waals surface area (Å²) in [6, 6.07) is 19.6. The van der Waals surface area contributed by atoms with Crippen LogP contribution in [-0.2, 0) is 9.53 Å². The van der Waals surface area contributed by atoms with Gasteiger partial charge in [0.05, 0.1) is 5.97 Å². The van der Waals surface area contributed by atoms with Crippen molar-refractivity contribution in [2.45, 2.75) is 0 Å². The van der Waals surface area contributed by atoms with Crippen molar-refractivity contribution in [2.75, 3.05) is 0 Å². The second kappa shape index (κ2) is 6.29. The molecule has 0 saturated carbocycles. The van der Waals surface area contributed by atoms with Crippen molar-refractivity contribution in [3.8, 4) is 0 Å². The zero-order valence-corrected chi connectivity index (χ0v) is 13.5. The maximum absolute atomic E-state index is 12.1. The van der Waals surface area contributed by atoms with Gasteiger partial charge in [-0.05, 0) is 40.1 Å². The zero-order chi connectivity index (χ0) is 18.1. The summed E-state index contributed by atoms with van der Waals surface area (Å²) in [6.07, 6.45) is 1.55. The molecule has 3 aromatic rings. The SMILES string of the molecule is O=C1OC(c2ccc3ccccc3c2)=N/C1=C\c1ccc(C(=O)[O-])cc1. The van der Waals surface area contributed by atoms with Gasteiger partial charge < -0.3 is 14.6 Å². The van der Waals surface area contributed by atoms with Gasteiger partial charge in [0.2, 0.25) is 5.90 Å². The standard InChI is InChI=1S/C21H13NO4/c23-20(24)15-7-5-13(6-8-15)11-18-21(25)26-19(22-18)17-10-9-14-3-1-2-4-16(14)12-17/h1-12H,(H,23,24)/p-1/b18-11-. The molecule has 4 rings (SSSR count). The Morgan fingerprint density at radius 3 is 2.42 bits per heavy atom. The number of carboxylic acid groups (broad SMARTS) is 1. The first-order valence-electron chi connectivity index (χ1n) is 7.93. The second-order valence-corrected chi connectivity index (χ2v) is 5.81. The molecule has 3 aromatic carbocycles. The van der Waals surface area contributed by atoms with Crippen molar-refractivity contribution in [1.82, 2.24) is 0 Å².